The molecule has 0 bridgehead atoms. The summed E-state index contributed by atoms with van der Waals surface area (Å²) in [4.78, 5) is 4.52. The van der Waals surface area contributed by atoms with Crippen LogP contribution >= 0.6 is 11.3 Å². The number of aromatic nitrogens is 1. The first-order valence-electron chi connectivity index (χ1n) is 7.35. The third-order valence-electron chi connectivity index (χ3n) is 3.42. The summed E-state index contributed by atoms with van der Waals surface area (Å²) in [6.45, 7) is -2.97. The number of hydrogen-bond donors (Lipinski definition) is 0. The van der Waals surface area contributed by atoms with Gasteiger partial charge in [0.25, 0.3) is 0 Å². The lowest BCUT2D eigenvalue weighted by atomic mass is 10.1. The molecule has 1 aromatic heterocycles. The highest BCUT2D eigenvalue weighted by molar-refractivity contribution is 7.19. The summed E-state index contributed by atoms with van der Waals surface area (Å²) < 4.78 is 41.0. The standard InChI is InChI=1S/C18H15F2NO3S/c1-22-13-9-11(10-14(23-2)17(13)24-18(19)20)7-8-16-21-12-5-3-4-6-15(12)25-16/h3-10,18H,1-2H3/b8-7+. The van der Waals surface area contributed by atoms with Gasteiger partial charge in [-0.3, -0.25) is 0 Å². The Balaban J connectivity index is 1.93. The number of hydrogen-bond acceptors (Lipinski definition) is 5. The van der Waals surface area contributed by atoms with Crippen LogP contribution in [0.3, 0.4) is 0 Å². The molecule has 130 valence electrons. The largest absolute Gasteiger partial charge is 0.493 e. The van der Waals surface area contributed by atoms with E-state index < -0.39 is 6.61 Å². The fourth-order valence-electron chi connectivity index (χ4n) is 2.33. The van der Waals surface area contributed by atoms with Gasteiger partial charge >= 0.3 is 6.61 Å². The summed E-state index contributed by atoms with van der Waals surface area (Å²) in [5.41, 5.74) is 1.65. The van der Waals surface area contributed by atoms with Gasteiger partial charge in [0.2, 0.25) is 5.75 Å². The molecule has 1 heterocycles. The average Bonchev–Trinajstić information content (AvgIpc) is 3.03. The zero-order chi connectivity index (χ0) is 17.8. The molecule has 7 heteroatoms. The van der Waals surface area contributed by atoms with Crippen molar-refractivity contribution in [2.45, 2.75) is 6.61 Å². The number of halogens is 2. The Morgan fingerprint density at radius 3 is 2.32 bits per heavy atom. The van der Waals surface area contributed by atoms with E-state index >= 15 is 0 Å². The van der Waals surface area contributed by atoms with Crippen LogP contribution in [0.5, 0.6) is 17.2 Å². The Morgan fingerprint density at radius 1 is 1.04 bits per heavy atom. The van der Waals surface area contributed by atoms with E-state index in [1.165, 1.54) is 14.2 Å². The van der Waals surface area contributed by atoms with Crippen LogP contribution in [0.15, 0.2) is 36.4 Å². The van der Waals surface area contributed by atoms with Gasteiger partial charge in [0.1, 0.15) is 5.01 Å². The van der Waals surface area contributed by atoms with Crippen molar-refractivity contribution in [1.29, 1.82) is 0 Å². The average molecular weight is 363 g/mol. The Kier molecular flexibility index (Phi) is 5.14. The summed E-state index contributed by atoms with van der Waals surface area (Å²) in [5, 5.41) is 0.840. The van der Waals surface area contributed by atoms with Gasteiger partial charge in [-0.2, -0.15) is 8.78 Å². The first kappa shape index (κ1) is 17.2. The molecule has 0 fully saturated rings. The minimum absolute atomic E-state index is 0.128. The van der Waals surface area contributed by atoms with Crippen LogP contribution in [0.4, 0.5) is 8.78 Å². The van der Waals surface area contributed by atoms with Gasteiger partial charge < -0.3 is 14.2 Å². The molecule has 0 amide bonds. The van der Waals surface area contributed by atoms with Crippen LogP contribution in [0.2, 0.25) is 0 Å². The summed E-state index contributed by atoms with van der Waals surface area (Å²) >= 11 is 1.56. The Labute approximate surface area is 147 Å². The van der Waals surface area contributed by atoms with Crippen LogP contribution in [0.1, 0.15) is 10.6 Å². The van der Waals surface area contributed by atoms with Crippen molar-refractivity contribution in [3.05, 3.63) is 47.0 Å². The lowest BCUT2D eigenvalue weighted by Crippen LogP contribution is -2.05. The Morgan fingerprint density at radius 2 is 1.72 bits per heavy atom. The van der Waals surface area contributed by atoms with Gasteiger partial charge in [0.05, 0.1) is 24.4 Å². The van der Waals surface area contributed by atoms with Crippen molar-refractivity contribution in [3.8, 4) is 17.2 Å². The summed E-state index contributed by atoms with van der Waals surface area (Å²) in [6.07, 6.45) is 3.67. The van der Waals surface area contributed by atoms with Crippen molar-refractivity contribution in [1.82, 2.24) is 4.98 Å². The van der Waals surface area contributed by atoms with Crippen molar-refractivity contribution in [2.75, 3.05) is 14.2 Å². The van der Waals surface area contributed by atoms with Crippen LogP contribution in [0, 0.1) is 0 Å². The molecule has 2 aromatic carbocycles. The fraction of sp³-hybridized carbons (Fsp3) is 0.167. The zero-order valence-corrected chi connectivity index (χ0v) is 14.3. The number of alkyl halides is 2. The van der Waals surface area contributed by atoms with E-state index in [-0.39, 0.29) is 17.2 Å². The number of methoxy groups -OCH3 is 2. The van der Waals surface area contributed by atoms with Gasteiger partial charge in [-0.15, -0.1) is 11.3 Å². The summed E-state index contributed by atoms with van der Waals surface area (Å²) in [6, 6.07) is 11.1. The fourth-order valence-corrected chi connectivity index (χ4v) is 3.20. The van der Waals surface area contributed by atoms with Gasteiger partial charge in [-0.25, -0.2) is 4.98 Å². The van der Waals surface area contributed by atoms with Crippen LogP contribution < -0.4 is 14.2 Å². The number of fused-ring (bicyclic) bond motifs is 1. The first-order chi connectivity index (χ1) is 12.1. The van der Waals surface area contributed by atoms with Crippen molar-refractivity contribution in [2.24, 2.45) is 0 Å². The molecule has 0 unspecified atom stereocenters. The third-order valence-corrected chi connectivity index (χ3v) is 4.42. The van der Waals surface area contributed by atoms with Gasteiger partial charge in [-0.05, 0) is 35.9 Å². The molecule has 0 radical (unpaired) electrons. The molecule has 0 aliphatic rings. The van der Waals surface area contributed by atoms with Gasteiger partial charge in [0.15, 0.2) is 11.5 Å². The summed E-state index contributed by atoms with van der Waals surface area (Å²) in [5.74, 6) is 0.212. The second-order valence-electron chi connectivity index (χ2n) is 4.99. The zero-order valence-electron chi connectivity index (χ0n) is 13.5. The highest BCUT2D eigenvalue weighted by Crippen LogP contribution is 2.40. The van der Waals surface area contributed by atoms with Crippen molar-refractivity contribution in [3.63, 3.8) is 0 Å². The van der Waals surface area contributed by atoms with E-state index in [2.05, 4.69) is 9.72 Å². The lowest BCUT2D eigenvalue weighted by Gasteiger charge is -2.14. The van der Waals surface area contributed by atoms with E-state index in [4.69, 9.17) is 9.47 Å². The maximum Gasteiger partial charge on any atom is 0.387 e. The number of benzene rings is 2. The van der Waals surface area contributed by atoms with Crippen LogP contribution in [0.25, 0.3) is 22.4 Å². The van der Waals surface area contributed by atoms with E-state index in [1.807, 2.05) is 36.4 Å². The highest BCUT2D eigenvalue weighted by Gasteiger charge is 2.17. The molecule has 0 aliphatic heterocycles. The Hall–Kier alpha value is -2.67. The molecule has 0 spiro atoms. The van der Waals surface area contributed by atoms with E-state index in [0.717, 1.165) is 20.8 Å². The van der Waals surface area contributed by atoms with E-state index in [1.54, 1.807) is 23.5 Å². The minimum Gasteiger partial charge on any atom is -0.493 e. The quantitative estimate of drug-likeness (QED) is 0.612. The molecule has 0 aliphatic carbocycles. The van der Waals surface area contributed by atoms with Crippen LogP contribution in [-0.2, 0) is 0 Å². The second kappa shape index (κ2) is 7.48. The minimum atomic E-state index is -2.97. The predicted octanol–water partition coefficient (Wildman–Crippen LogP) is 5.09. The number of rotatable bonds is 6. The molecule has 0 N–H and O–H groups in total. The molecule has 4 nitrogen and oxygen atoms in total. The smallest absolute Gasteiger partial charge is 0.387 e. The SMILES string of the molecule is COc1cc(/C=C/c2nc3ccccc3s2)cc(OC)c1OC(F)F. The van der Waals surface area contributed by atoms with Gasteiger partial charge in [0, 0.05) is 0 Å². The predicted molar refractivity (Wildman–Crippen MR) is 94.7 cm³/mol. The molecule has 3 aromatic rings. The monoisotopic (exact) mass is 363 g/mol. The molecular formula is C18H15F2NO3S. The number of nitrogens with zero attached hydrogens (tertiary/aromatic N) is 1. The van der Waals surface area contributed by atoms with E-state index in [9.17, 15) is 8.78 Å². The van der Waals surface area contributed by atoms with E-state index in [0.29, 0.717) is 0 Å². The number of thiazole rings is 1. The second-order valence-corrected chi connectivity index (χ2v) is 6.05. The summed E-state index contributed by atoms with van der Waals surface area (Å²) in [7, 11) is 2.77. The normalized spacial score (nSPS) is 11.4. The molecule has 0 saturated carbocycles. The highest BCUT2D eigenvalue weighted by atomic mass is 32.1. The number of ether oxygens (including phenoxy) is 3. The topological polar surface area (TPSA) is 40.6 Å². The van der Waals surface area contributed by atoms with Crippen molar-refractivity contribution < 1.29 is 23.0 Å². The maximum atomic E-state index is 12.6. The van der Waals surface area contributed by atoms with Crippen LogP contribution in [-0.4, -0.2) is 25.8 Å². The first-order valence-corrected chi connectivity index (χ1v) is 8.17. The lowest BCUT2D eigenvalue weighted by molar-refractivity contribution is -0.0526. The third kappa shape index (κ3) is 3.88. The maximum absolute atomic E-state index is 12.6. The van der Waals surface area contributed by atoms with Gasteiger partial charge in [-0.1, -0.05) is 18.2 Å². The molecular weight excluding hydrogens is 348 g/mol. The molecule has 0 saturated heterocycles. The Bertz CT molecular complexity index is 850. The van der Waals surface area contributed by atoms with Crippen molar-refractivity contribution >= 4 is 33.7 Å². The molecule has 0 atom stereocenters. The number of para-hydroxylation sites is 1. The molecule has 3 rings (SSSR count). The molecule has 25 heavy (non-hydrogen) atoms.